The quantitative estimate of drug-likeness (QED) is 0.752. The van der Waals surface area contributed by atoms with Gasteiger partial charge in [-0.15, -0.1) is 0 Å². The Labute approximate surface area is 135 Å². The van der Waals surface area contributed by atoms with E-state index in [0.29, 0.717) is 6.04 Å². The highest BCUT2D eigenvalue weighted by Gasteiger charge is 2.19. The number of thioether (sulfide) groups is 1. The molecule has 22 heavy (non-hydrogen) atoms. The maximum atomic E-state index is 3.75. The molecule has 2 aromatic carbocycles. The van der Waals surface area contributed by atoms with Crippen LogP contribution in [0.15, 0.2) is 54.7 Å². The zero-order chi connectivity index (χ0) is 14.8. The molecule has 112 valence electrons. The molecule has 0 fully saturated rings. The van der Waals surface area contributed by atoms with Crippen molar-refractivity contribution >= 4 is 22.7 Å². The molecule has 3 heteroatoms. The molecule has 1 atom stereocenters. The van der Waals surface area contributed by atoms with Crippen molar-refractivity contribution in [1.82, 2.24) is 10.3 Å². The van der Waals surface area contributed by atoms with Gasteiger partial charge in [-0.2, -0.15) is 11.8 Å². The summed E-state index contributed by atoms with van der Waals surface area (Å²) >= 11 is 2.03. The maximum Gasteiger partial charge on any atom is 0.0456 e. The average Bonchev–Trinajstić information content (AvgIpc) is 2.99. The fraction of sp³-hybridized carbons (Fsp3) is 0.263. The van der Waals surface area contributed by atoms with Gasteiger partial charge in [0.2, 0.25) is 0 Å². The van der Waals surface area contributed by atoms with E-state index in [1.54, 1.807) is 0 Å². The van der Waals surface area contributed by atoms with Crippen LogP contribution in [0.1, 0.15) is 22.7 Å². The molecule has 0 unspecified atom stereocenters. The number of H-pyrrole nitrogens is 1. The van der Waals surface area contributed by atoms with Gasteiger partial charge in [0.25, 0.3) is 0 Å². The predicted octanol–water partition coefficient (Wildman–Crippen LogP) is 4.29. The Bertz CT molecular complexity index is 778. The predicted molar refractivity (Wildman–Crippen MR) is 95.4 cm³/mol. The SMILES string of the molecule is c1ccc2c(c1)CSC[C@H]2NCCc1c[nH]c2ccccc12. The minimum atomic E-state index is 0.486. The molecule has 1 aromatic heterocycles. The van der Waals surface area contributed by atoms with E-state index in [-0.39, 0.29) is 0 Å². The van der Waals surface area contributed by atoms with E-state index < -0.39 is 0 Å². The molecule has 1 aliphatic rings. The second-order valence-corrected chi connectivity index (χ2v) is 6.86. The lowest BCUT2D eigenvalue weighted by Gasteiger charge is -2.26. The average molecular weight is 308 g/mol. The van der Waals surface area contributed by atoms with E-state index in [4.69, 9.17) is 0 Å². The summed E-state index contributed by atoms with van der Waals surface area (Å²) in [6.45, 7) is 1.02. The summed E-state index contributed by atoms with van der Waals surface area (Å²) in [7, 11) is 0. The first-order valence-electron chi connectivity index (χ1n) is 7.86. The third kappa shape index (κ3) is 2.67. The summed E-state index contributed by atoms with van der Waals surface area (Å²) in [6, 6.07) is 17.9. The zero-order valence-corrected chi connectivity index (χ0v) is 13.3. The molecular weight excluding hydrogens is 288 g/mol. The van der Waals surface area contributed by atoms with Gasteiger partial charge in [-0.05, 0) is 35.7 Å². The van der Waals surface area contributed by atoms with Gasteiger partial charge < -0.3 is 10.3 Å². The molecule has 1 aliphatic heterocycles. The van der Waals surface area contributed by atoms with E-state index in [9.17, 15) is 0 Å². The molecule has 0 radical (unpaired) electrons. The zero-order valence-electron chi connectivity index (χ0n) is 12.5. The minimum Gasteiger partial charge on any atom is -0.361 e. The standard InChI is InChI=1S/C19H20N2S/c1-2-7-17-15(5-1)12-22-13-19(17)20-10-9-14-11-21-18-8-4-3-6-16(14)18/h1-8,11,19-21H,9-10,12-13H2/t19-/m1/s1. The Hall–Kier alpha value is -1.71. The lowest BCUT2D eigenvalue weighted by molar-refractivity contribution is 0.578. The van der Waals surface area contributed by atoms with Crippen LogP contribution in [-0.2, 0) is 12.2 Å². The lowest BCUT2D eigenvalue weighted by Crippen LogP contribution is -2.28. The summed E-state index contributed by atoms with van der Waals surface area (Å²) in [5.41, 5.74) is 5.61. The van der Waals surface area contributed by atoms with E-state index >= 15 is 0 Å². The van der Waals surface area contributed by atoms with Crippen molar-refractivity contribution in [3.05, 3.63) is 71.4 Å². The second-order valence-electron chi connectivity index (χ2n) is 5.83. The molecule has 2 nitrogen and oxygen atoms in total. The molecule has 4 rings (SSSR count). The highest BCUT2D eigenvalue weighted by atomic mass is 32.2. The number of para-hydroxylation sites is 1. The van der Waals surface area contributed by atoms with Crippen LogP contribution in [0.25, 0.3) is 10.9 Å². The molecule has 0 spiro atoms. The third-order valence-corrected chi connectivity index (χ3v) is 5.52. The van der Waals surface area contributed by atoms with Crippen LogP contribution in [0.3, 0.4) is 0 Å². The number of benzene rings is 2. The first-order valence-corrected chi connectivity index (χ1v) is 9.01. The normalized spacial score (nSPS) is 17.5. The van der Waals surface area contributed by atoms with E-state index in [1.807, 2.05) is 11.8 Å². The summed E-state index contributed by atoms with van der Waals surface area (Å²) in [5.74, 6) is 2.32. The summed E-state index contributed by atoms with van der Waals surface area (Å²) < 4.78 is 0. The molecule has 0 bridgehead atoms. The van der Waals surface area contributed by atoms with Gasteiger partial charge in [0.1, 0.15) is 0 Å². The van der Waals surface area contributed by atoms with Crippen LogP contribution in [-0.4, -0.2) is 17.3 Å². The number of fused-ring (bicyclic) bond motifs is 2. The monoisotopic (exact) mass is 308 g/mol. The van der Waals surface area contributed by atoms with Gasteiger partial charge in [-0.1, -0.05) is 42.5 Å². The Morgan fingerprint density at radius 2 is 1.95 bits per heavy atom. The Balaban J connectivity index is 1.44. The first-order chi connectivity index (χ1) is 10.9. The molecule has 2 N–H and O–H groups in total. The van der Waals surface area contributed by atoms with Crippen LogP contribution in [0.5, 0.6) is 0 Å². The van der Waals surface area contributed by atoms with E-state index in [1.165, 1.54) is 33.3 Å². The van der Waals surface area contributed by atoms with Crippen LogP contribution >= 0.6 is 11.8 Å². The molecule has 0 saturated carbocycles. The van der Waals surface area contributed by atoms with Gasteiger partial charge >= 0.3 is 0 Å². The van der Waals surface area contributed by atoms with Gasteiger partial charge in [0, 0.05) is 34.6 Å². The number of hydrogen-bond acceptors (Lipinski definition) is 2. The van der Waals surface area contributed by atoms with Crippen molar-refractivity contribution in [2.75, 3.05) is 12.3 Å². The molecule has 3 aromatic rings. The molecule has 0 aliphatic carbocycles. The second kappa shape index (κ2) is 6.19. The van der Waals surface area contributed by atoms with Crippen LogP contribution in [0, 0.1) is 0 Å². The molecule has 0 saturated heterocycles. The van der Waals surface area contributed by atoms with Crippen LogP contribution in [0.2, 0.25) is 0 Å². The van der Waals surface area contributed by atoms with Crippen molar-refractivity contribution in [2.24, 2.45) is 0 Å². The topological polar surface area (TPSA) is 27.8 Å². The fourth-order valence-electron chi connectivity index (χ4n) is 3.27. The Morgan fingerprint density at radius 1 is 1.09 bits per heavy atom. The van der Waals surface area contributed by atoms with Crippen molar-refractivity contribution in [1.29, 1.82) is 0 Å². The number of hydrogen-bond donors (Lipinski definition) is 2. The van der Waals surface area contributed by atoms with Crippen molar-refractivity contribution < 1.29 is 0 Å². The van der Waals surface area contributed by atoms with E-state index in [2.05, 4.69) is 65.0 Å². The molecular formula is C19H20N2S. The highest BCUT2D eigenvalue weighted by molar-refractivity contribution is 7.98. The smallest absolute Gasteiger partial charge is 0.0456 e. The Morgan fingerprint density at radius 3 is 2.95 bits per heavy atom. The molecule has 2 heterocycles. The number of nitrogens with one attached hydrogen (secondary N) is 2. The van der Waals surface area contributed by atoms with Gasteiger partial charge in [-0.25, -0.2) is 0 Å². The number of rotatable bonds is 4. The molecule has 0 amide bonds. The van der Waals surface area contributed by atoms with Crippen molar-refractivity contribution in [2.45, 2.75) is 18.2 Å². The maximum absolute atomic E-state index is 3.75. The minimum absolute atomic E-state index is 0.486. The summed E-state index contributed by atoms with van der Waals surface area (Å²) in [6.07, 6.45) is 3.21. The van der Waals surface area contributed by atoms with Crippen molar-refractivity contribution in [3.63, 3.8) is 0 Å². The van der Waals surface area contributed by atoms with Gasteiger partial charge in [-0.3, -0.25) is 0 Å². The number of aromatic amines is 1. The fourth-order valence-corrected chi connectivity index (χ4v) is 4.40. The van der Waals surface area contributed by atoms with Crippen LogP contribution in [0.4, 0.5) is 0 Å². The van der Waals surface area contributed by atoms with Gasteiger partial charge in [0.15, 0.2) is 0 Å². The van der Waals surface area contributed by atoms with Gasteiger partial charge in [0.05, 0.1) is 0 Å². The van der Waals surface area contributed by atoms with Crippen molar-refractivity contribution in [3.8, 4) is 0 Å². The third-order valence-electron chi connectivity index (χ3n) is 4.43. The Kier molecular flexibility index (Phi) is 3.92. The van der Waals surface area contributed by atoms with Crippen LogP contribution < -0.4 is 5.32 Å². The summed E-state index contributed by atoms with van der Waals surface area (Å²) in [4.78, 5) is 3.36. The number of aromatic nitrogens is 1. The largest absolute Gasteiger partial charge is 0.361 e. The summed E-state index contributed by atoms with van der Waals surface area (Å²) in [5, 5.41) is 5.10. The highest BCUT2D eigenvalue weighted by Crippen LogP contribution is 2.31. The lowest BCUT2D eigenvalue weighted by atomic mass is 10.0. The first kappa shape index (κ1) is 13.9. The van der Waals surface area contributed by atoms with E-state index in [0.717, 1.165) is 18.7 Å².